The van der Waals surface area contributed by atoms with Crippen LogP contribution in [0.5, 0.6) is 11.5 Å². The molecule has 0 saturated carbocycles. The van der Waals surface area contributed by atoms with Gasteiger partial charge in [-0.2, -0.15) is 0 Å². The van der Waals surface area contributed by atoms with Gasteiger partial charge in [0.25, 0.3) is 0 Å². The van der Waals surface area contributed by atoms with E-state index in [1.54, 1.807) is 7.11 Å². The average Bonchev–Trinajstić information content (AvgIpc) is 2.38. The van der Waals surface area contributed by atoms with Gasteiger partial charge in [-0.1, -0.05) is 12.1 Å². The van der Waals surface area contributed by atoms with Crippen molar-refractivity contribution in [2.24, 2.45) is 10.7 Å². The van der Waals surface area contributed by atoms with Gasteiger partial charge in [0.05, 0.1) is 13.2 Å². The average molecular weight is 236 g/mol. The molecule has 2 rings (SSSR count). The van der Waals surface area contributed by atoms with Crippen LogP contribution in [-0.2, 0) is 4.74 Å². The van der Waals surface area contributed by atoms with Crippen LogP contribution in [-0.4, -0.2) is 38.8 Å². The molecule has 5 heteroatoms. The number of nitrogens with zero attached hydrogens (tertiary/aromatic N) is 1. The van der Waals surface area contributed by atoms with Gasteiger partial charge in [0, 0.05) is 7.11 Å². The summed E-state index contributed by atoms with van der Waals surface area (Å²) < 4.78 is 16.2. The number of para-hydroxylation sites is 2. The van der Waals surface area contributed by atoms with E-state index in [1.165, 1.54) is 0 Å². The smallest absolute Gasteiger partial charge is 0.189 e. The number of hydrogen-bond donors (Lipinski definition) is 1. The molecule has 0 radical (unpaired) electrons. The van der Waals surface area contributed by atoms with E-state index in [9.17, 15) is 0 Å². The second kappa shape index (κ2) is 5.54. The van der Waals surface area contributed by atoms with Crippen molar-refractivity contribution in [3.63, 3.8) is 0 Å². The molecule has 0 aliphatic carbocycles. The highest BCUT2D eigenvalue weighted by Gasteiger charge is 2.23. The lowest BCUT2D eigenvalue weighted by molar-refractivity contribution is 0.133. The molecule has 0 spiro atoms. The highest BCUT2D eigenvalue weighted by atomic mass is 16.6. The molecule has 1 atom stereocenters. The van der Waals surface area contributed by atoms with Crippen molar-refractivity contribution in [2.75, 3.05) is 26.9 Å². The molecule has 0 bridgehead atoms. The van der Waals surface area contributed by atoms with Gasteiger partial charge in [-0.15, -0.1) is 0 Å². The second-order valence-electron chi connectivity index (χ2n) is 3.66. The summed E-state index contributed by atoms with van der Waals surface area (Å²) in [5.41, 5.74) is 5.84. The van der Waals surface area contributed by atoms with E-state index in [0.29, 0.717) is 31.3 Å². The van der Waals surface area contributed by atoms with Crippen LogP contribution in [0.1, 0.15) is 0 Å². The zero-order valence-electron chi connectivity index (χ0n) is 9.76. The number of aliphatic imine (C=N–C) groups is 1. The fourth-order valence-corrected chi connectivity index (χ4v) is 1.53. The highest BCUT2D eigenvalue weighted by Crippen LogP contribution is 2.30. The Kier molecular flexibility index (Phi) is 3.82. The standard InChI is InChI=1S/C12H16N2O3/c1-15-7-6-14-12(13)11-8-16-9-4-2-3-5-10(9)17-11/h2-5,11H,6-8H2,1H3,(H2,13,14). The first-order chi connectivity index (χ1) is 8.31. The predicted molar refractivity (Wildman–Crippen MR) is 64.7 cm³/mol. The van der Waals surface area contributed by atoms with Gasteiger partial charge in [0.1, 0.15) is 12.4 Å². The van der Waals surface area contributed by atoms with Crippen LogP contribution in [0, 0.1) is 0 Å². The van der Waals surface area contributed by atoms with Gasteiger partial charge >= 0.3 is 0 Å². The molecular formula is C12H16N2O3. The number of ether oxygens (including phenoxy) is 3. The van der Waals surface area contributed by atoms with E-state index in [2.05, 4.69) is 4.99 Å². The first kappa shape index (κ1) is 11.7. The third kappa shape index (κ3) is 2.88. The van der Waals surface area contributed by atoms with Crippen molar-refractivity contribution < 1.29 is 14.2 Å². The lowest BCUT2D eigenvalue weighted by Crippen LogP contribution is -2.41. The van der Waals surface area contributed by atoms with Gasteiger partial charge in [0.15, 0.2) is 17.6 Å². The summed E-state index contributed by atoms with van der Waals surface area (Å²) >= 11 is 0. The molecule has 0 fully saturated rings. The molecule has 2 N–H and O–H groups in total. The van der Waals surface area contributed by atoms with Gasteiger partial charge in [-0.3, -0.25) is 4.99 Å². The molecule has 1 aromatic rings. The van der Waals surface area contributed by atoms with Gasteiger partial charge in [0.2, 0.25) is 0 Å². The summed E-state index contributed by atoms with van der Waals surface area (Å²) in [6.07, 6.45) is -0.318. The summed E-state index contributed by atoms with van der Waals surface area (Å²) in [5, 5.41) is 0. The minimum atomic E-state index is -0.318. The molecular weight excluding hydrogens is 220 g/mol. The summed E-state index contributed by atoms with van der Waals surface area (Å²) in [6.45, 7) is 1.47. The first-order valence-electron chi connectivity index (χ1n) is 5.48. The van der Waals surface area contributed by atoms with Crippen LogP contribution in [0.3, 0.4) is 0 Å². The predicted octanol–water partition coefficient (Wildman–Crippen LogP) is 0.830. The Bertz CT molecular complexity index is 406. The molecule has 1 unspecified atom stereocenters. The van der Waals surface area contributed by atoms with Gasteiger partial charge in [-0.05, 0) is 12.1 Å². The lowest BCUT2D eigenvalue weighted by atomic mass is 10.2. The van der Waals surface area contributed by atoms with Crippen molar-refractivity contribution in [1.29, 1.82) is 0 Å². The third-order valence-electron chi connectivity index (χ3n) is 2.43. The number of fused-ring (bicyclic) bond motifs is 1. The molecule has 0 saturated heterocycles. The summed E-state index contributed by atoms with van der Waals surface area (Å²) in [4.78, 5) is 4.17. The maximum absolute atomic E-state index is 5.84. The van der Waals surface area contributed by atoms with E-state index in [0.717, 1.165) is 5.75 Å². The third-order valence-corrected chi connectivity index (χ3v) is 2.43. The van der Waals surface area contributed by atoms with Crippen molar-refractivity contribution >= 4 is 5.84 Å². The normalized spacial score (nSPS) is 19.1. The van der Waals surface area contributed by atoms with E-state index >= 15 is 0 Å². The van der Waals surface area contributed by atoms with E-state index in [-0.39, 0.29) is 6.10 Å². The van der Waals surface area contributed by atoms with Crippen molar-refractivity contribution in [2.45, 2.75) is 6.10 Å². The molecule has 1 aliphatic heterocycles. The summed E-state index contributed by atoms with van der Waals surface area (Å²) in [5.74, 6) is 1.89. The number of nitrogens with two attached hydrogens (primary N) is 1. The maximum atomic E-state index is 5.84. The minimum Gasteiger partial charge on any atom is -0.485 e. The Morgan fingerprint density at radius 3 is 3.00 bits per heavy atom. The maximum Gasteiger partial charge on any atom is 0.189 e. The second-order valence-corrected chi connectivity index (χ2v) is 3.66. The minimum absolute atomic E-state index is 0.318. The summed E-state index contributed by atoms with van der Waals surface area (Å²) in [7, 11) is 1.63. The molecule has 1 aliphatic rings. The fraction of sp³-hybridized carbons (Fsp3) is 0.417. The Balaban J connectivity index is 1.99. The molecule has 17 heavy (non-hydrogen) atoms. The molecule has 5 nitrogen and oxygen atoms in total. The van der Waals surface area contributed by atoms with Crippen LogP contribution < -0.4 is 15.2 Å². The quantitative estimate of drug-likeness (QED) is 0.477. The Morgan fingerprint density at radius 1 is 1.47 bits per heavy atom. The SMILES string of the molecule is COCCN=C(N)C1COc2ccccc2O1. The van der Waals surface area contributed by atoms with Crippen LogP contribution in [0.2, 0.25) is 0 Å². The van der Waals surface area contributed by atoms with Crippen LogP contribution in [0.25, 0.3) is 0 Å². The summed E-state index contributed by atoms with van der Waals surface area (Å²) in [6, 6.07) is 7.51. The van der Waals surface area contributed by atoms with Crippen LogP contribution in [0.15, 0.2) is 29.3 Å². The Hall–Kier alpha value is -1.75. The Labute approximate surface area is 100 Å². The number of amidine groups is 1. The fourth-order valence-electron chi connectivity index (χ4n) is 1.53. The van der Waals surface area contributed by atoms with Crippen molar-refractivity contribution in [3.8, 4) is 11.5 Å². The van der Waals surface area contributed by atoms with Crippen LogP contribution in [0.4, 0.5) is 0 Å². The van der Waals surface area contributed by atoms with Gasteiger partial charge in [-0.25, -0.2) is 0 Å². The molecule has 0 aromatic heterocycles. The van der Waals surface area contributed by atoms with Crippen molar-refractivity contribution in [1.82, 2.24) is 0 Å². The first-order valence-corrected chi connectivity index (χ1v) is 5.48. The van der Waals surface area contributed by atoms with E-state index in [4.69, 9.17) is 19.9 Å². The Morgan fingerprint density at radius 2 is 2.24 bits per heavy atom. The van der Waals surface area contributed by atoms with Crippen molar-refractivity contribution in [3.05, 3.63) is 24.3 Å². The largest absolute Gasteiger partial charge is 0.485 e. The lowest BCUT2D eigenvalue weighted by Gasteiger charge is -2.25. The molecule has 0 amide bonds. The number of methoxy groups -OCH3 is 1. The zero-order chi connectivity index (χ0) is 12.1. The van der Waals surface area contributed by atoms with E-state index < -0.39 is 0 Å². The monoisotopic (exact) mass is 236 g/mol. The number of rotatable bonds is 4. The zero-order valence-corrected chi connectivity index (χ0v) is 9.76. The molecule has 1 aromatic carbocycles. The van der Waals surface area contributed by atoms with Gasteiger partial charge < -0.3 is 19.9 Å². The highest BCUT2D eigenvalue weighted by molar-refractivity contribution is 5.85. The van der Waals surface area contributed by atoms with Crippen LogP contribution >= 0.6 is 0 Å². The number of hydrogen-bond acceptors (Lipinski definition) is 4. The molecule has 92 valence electrons. The topological polar surface area (TPSA) is 66.1 Å². The van der Waals surface area contributed by atoms with E-state index in [1.807, 2.05) is 24.3 Å². The molecule has 1 heterocycles. The number of benzene rings is 1.